The fourth-order valence-electron chi connectivity index (χ4n) is 2.95. The van der Waals surface area contributed by atoms with Gasteiger partial charge in [-0.1, -0.05) is 24.3 Å². The van der Waals surface area contributed by atoms with Crippen LogP contribution in [0, 0.1) is 0 Å². The van der Waals surface area contributed by atoms with Crippen LogP contribution in [0.15, 0.2) is 77.0 Å². The van der Waals surface area contributed by atoms with E-state index in [-0.39, 0.29) is 18.4 Å². The minimum Gasteiger partial charge on any atom is -0.457 e. The van der Waals surface area contributed by atoms with Gasteiger partial charge in [0.05, 0.1) is 22.8 Å². The summed E-state index contributed by atoms with van der Waals surface area (Å²) < 4.78 is 5.77. The van der Waals surface area contributed by atoms with Gasteiger partial charge in [-0.2, -0.15) is 0 Å². The van der Waals surface area contributed by atoms with E-state index in [0.717, 1.165) is 4.88 Å². The molecule has 0 fully saturated rings. The maximum Gasteiger partial charge on any atom is 0.272 e. The summed E-state index contributed by atoms with van der Waals surface area (Å²) in [6, 6.07) is 19.9. The lowest BCUT2D eigenvalue weighted by atomic mass is 10.2. The second-order valence-electron chi connectivity index (χ2n) is 6.11. The van der Waals surface area contributed by atoms with Crippen molar-refractivity contribution < 1.29 is 19.4 Å². The number of hydrogen-bond donors (Lipinski definition) is 1. The number of aliphatic hydroxyl groups excluding tert-OH is 1. The van der Waals surface area contributed by atoms with Gasteiger partial charge in [-0.15, -0.1) is 23.1 Å². The molecule has 146 valence electrons. The monoisotopic (exact) mass is 423 g/mol. The molecule has 0 saturated heterocycles. The van der Waals surface area contributed by atoms with Crippen LogP contribution in [0.3, 0.4) is 0 Å². The summed E-state index contributed by atoms with van der Waals surface area (Å²) in [6.07, 6.45) is 0. The van der Waals surface area contributed by atoms with Crippen LogP contribution in [0.1, 0.15) is 4.88 Å². The molecule has 0 radical (unpaired) electrons. The Hall–Kier alpha value is -2.87. The van der Waals surface area contributed by atoms with Gasteiger partial charge in [0.1, 0.15) is 11.5 Å². The van der Waals surface area contributed by atoms with Gasteiger partial charge in [-0.3, -0.25) is 9.59 Å². The van der Waals surface area contributed by atoms with Gasteiger partial charge in [0, 0.05) is 10.6 Å². The number of amides is 2. The van der Waals surface area contributed by atoms with E-state index >= 15 is 0 Å². The maximum atomic E-state index is 13.1. The summed E-state index contributed by atoms with van der Waals surface area (Å²) in [4.78, 5) is 28.4. The molecule has 0 aliphatic carbocycles. The van der Waals surface area contributed by atoms with Gasteiger partial charge in [-0.25, -0.2) is 4.90 Å². The fraction of sp³-hybridized carbons (Fsp3) is 0.0909. The molecule has 1 aromatic heterocycles. The van der Waals surface area contributed by atoms with Crippen LogP contribution in [-0.2, 0) is 9.59 Å². The molecular weight excluding hydrogens is 406 g/mol. The first-order valence-electron chi connectivity index (χ1n) is 8.92. The number of nitrogens with zero attached hydrogens (tertiary/aromatic N) is 1. The fourth-order valence-corrected chi connectivity index (χ4v) is 4.64. The second-order valence-corrected chi connectivity index (χ2v) is 8.16. The Kier molecular flexibility index (Phi) is 5.80. The number of carbonyl (C=O) groups is 2. The number of ether oxygens (including phenoxy) is 1. The molecular formula is C22H17NO4S2. The van der Waals surface area contributed by atoms with E-state index in [4.69, 9.17) is 9.84 Å². The van der Waals surface area contributed by atoms with Crippen LogP contribution in [-0.4, -0.2) is 29.3 Å². The minimum atomic E-state index is -0.367. The third kappa shape index (κ3) is 3.98. The lowest BCUT2D eigenvalue weighted by Crippen LogP contribution is -2.31. The molecule has 1 aliphatic heterocycles. The summed E-state index contributed by atoms with van der Waals surface area (Å²) in [5.74, 6) is 0.947. The Morgan fingerprint density at radius 2 is 1.62 bits per heavy atom. The first-order valence-corrected chi connectivity index (χ1v) is 10.8. The van der Waals surface area contributed by atoms with Gasteiger partial charge >= 0.3 is 0 Å². The molecule has 2 aromatic carbocycles. The van der Waals surface area contributed by atoms with Gasteiger partial charge < -0.3 is 9.84 Å². The van der Waals surface area contributed by atoms with Gasteiger partial charge in [0.25, 0.3) is 11.8 Å². The third-order valence-corrected chi connectivity index (χ3v) is 6.16. The predicted molar refractivity (Wildman–Crippen MR) is 116 cm³/mol. The third-order valence-electron chi connectivity index (χ3n) is 4.22. The number of para-hydroxylation sites is 1. The highest BCUT2D eigenvalue weighted by Crippen LogP contribution is 2.40. The smallest absolute Gasteiger partial charge is 0.272 e. The van der Waals surface area contributed by atoms with Crippen molar-refractivity contribution in [2.45, 2.75) is 0 Å². The lowest BCUT2D eigenvalue weighted by Gasteiger charge is -2.15. The van der Waals surface area contributed by atoms with Crippen molar-refractivity contribution >= 4 is 46.2 Å². The molecule has 0 bridgehead atoms. The van der Waals surface area contributed by atoms with Crippen molar-refractivity contribution in [2.75, 3.05) is 17.3 Å². The first-order chi connectivity index (χ1) is 14.2. The highest BCUT2D eigenvalue weighted by Gasteiger charge is 2.40. The normalized spacial score (nSPS) is 14.0. The van der Waals surface area contributed by atoms with E-state index < -0.39 is 0 Å². The topological polar surface area (TPSA) is 66.8 Å². The molecule has 5 nitrogen and oxygen atoms in total. The van der Waals surface area contributed by atoms with E-state index in [1.54, 1.807) is 24.3 Å². The molecule has 0 spiro atoms. The average molecular weight is 424 g/mol. The Morgan fingerprint density at radius 3 is 2.28 bits per heavy atom. The Balaban J connectivity index is 1.60. The summed E-state index contributed by atoms with van der Waals surface area (Å²) in [5.41, 5.74) is 0.877. The second kappa shape index (κ2) is 8.65. The van der Waals surface area contributed by atoms with Crippen LogP contribution < -0.4 is 9.64 Å². The van der Waals surface area contributed by atoms with Crippen molar-refractivity contribution in [2.24, 2.45) is 0 Å². The lowest BCUT2D eigenvalue weighted by molar-refractivity contribution is -0.119. The van der Waals surface area contributed by atoms with E-state index in [0.29, 0.717) is 33.4 Å². The highest BCUT2D eigenvalue weighted by molar-refractivity contribution is 8.04. The molecule has 3 aromatic rings. The van der Waals surface area contributed by atoms with Crippen molar-refractivity contribution in [3.8, 4) is 11.5 Å². The zero-order valence-corrected chi connectivity index (χ0v) is 16.9. The van der Waals surface area contributed by atoms with Gasteiger partial charge in [0.15, 0.2) is 0 Å². The number of thiophene rings is 1. The quantitative estimate of drug-likeness (QED) is 0.565. The molecule has 0 atom stereocenters. The van der Waals surface area contributed by atoms with Crippen molar-refractivity contribution in [1.29, 1.82) is 0 Å². The van der Waals surface area contributed by atoms with E-state index in [1.807, 2.05) is 47.8 Å². The number of thioether (sulfide) groups is 1. The van der Waals surface area contributed by atoms with Gasteiger partial charge in [0.2, 0.25) is 0 Å². The van der Waals surface area contributed by atoms with E-state index in [2.05, 4.69) is 0 Å². The van der Waals surface area contributed by atoms with Crippen LogP contribution in [0.25, 0.3) is 5.57 Å². The molecule has 7 heteroatoms. The van der Waals surface area contributed by atoms with Crippen molar-refractivity contribution in [3.63, 3.8) is 0 Å². The van der Waals surface area contributed by atoms with Crippen LogP contribution in [0.4, 0.5) is 5.69 Å². The molecule has 29 heavy (non-hydrogen) atoms. The summed E-state index contributed by atoms with van der Waals surface area (Å²) in [7, 11) is 0. The average Bonchev–Trinajstić information content (AvgIpc) is 3.34. The number of aliphatic hydroxyl groups is 1. The predicted octanol–water partition coefficient (Wildman–Crippen LogP) is 4.55. The van der Waals surface area contributed by atoms with Crippen LogP contribution >= 0.6 is 23.1 Å². The highest BCUT2D eigenvalue weighted by atomic mass is 32.2. The molecule has 2 heterocycles. The van der Waals surface area contributed by atoms with Crippen molar-refractivity contribution in [3.05, 3.63) is 81.9 Å². The van der Waals surface area contributed by atoms with E-state index in [1.165, 1.54) is 28.0 Å². The zero-order valence-electron chi connectivity index (χ0n) is 15.3. The summed E-state index contributed by atoms with van der Waals surface area (Å²) in [6.45, 7) is -0.0706. The number of benzene rings is 2. The minimum absolute atomic E-state index is 0.0706. The first kappa shape index (κ1) is 19.4. The Labute approximate surface area is 176 Å². The molecule has 0 saturated carbocycles. The number of rotatable bonds is 7. The summed E-state index contributed by atoms with van der Waals surface area (Å²) >= 11 is 2.62. The number of anilines is 1. The largest absolute Gasteiger partial charge is 0.457 e. The Morgan fingerprint density at radius 1 is 0.897 bits per heavy atom. The van der Waals surface area contributed by atoms with Crippen LogP contribution in [0.2, 0.25) is 0 Å². The van der Waals surface area contributed by atoms with Crippen molar-refractivity contribution in [1.82, 2.24) is 0 Å². The zero-order chi connectivity index (χ0) is 20.2. The number of carbonyl (C=O) groups excluding carboxylic acids is 2. The standard InChI is InChI=1S/C22H17NO4S2/c24-12-14-29-20-19(18-7-4-13-28-18)21(25)23(22(20)26)15-8-10-17(11-9-15)27-16-5-2-1-3-6-16/h1-11,13,24H,12,14H2. The van der Waals surface area contributed by atoms with Gasteiger partial charge in [-0.05, 0) is 47.8 Å². The molecule has 0 unspecified atom stereocenters. The SMILES string of the molecule is O=C1C(SCCO)=C(c2cccs2)C(=O)N1c1ccc(Oc2ccccc2)cc1. The van der Waals surface area contributed by atoms with E-state index in [9.17, 15) is 9.59 Å². The molecule has 1 N–H and O–H groups in total. The molecule has 2 amide bonds. The molecule has 4 rings (SSSR count). The molecule has 1 aliphatic rings. The number of imide groups is 1. The maximum absolute atomic E-state index is 13.1. The van der Waals surface area contributed by atoms with Crippen LogP contribution in [0.5, 0.6) is 11.5 Å². The summed E-state index contributed by atoms with van der Waals surface area (Å²) in [5, 5.41) is 11.0. The Bertz CT molecular complexity index is 1040. The number of hydrogen-bond acceptors (Lipinski definition) is 6.